The molecule has 160 valence electrons. The number of halogens is 1. The maximum atomic E-state index is 12.1. The van der Waals surface area contributed by atoms with E-state index in [-0.39, 0.29) is 35.9 Å². The molecule has 0 aliphatic carbocycles. The largest absolute Gasteiger partial charge is 0.466 e. The Bertz CT molecular complexity index is 715. The third-order valence-corrected chi connectivity index (χ3v) is 5.18. The molecular weight excluding hydrogens is 479 g/mol. The second-order valence-corrected chi connectivity index (χ2v) is 7.25. The lowest BCUT2D eigenvalue weighted by Crippen LogP contribution is -2.48. The van der Waals surface area contributed by atoms with Crippen LogP contribution in [-0.2, 0) is 16.1 Å². The molecule has 2 aliphatic heterocycles. The molecule has 1 N–H and O–H groups in total. The average molecular weight is 512 g/mol. The highest BCUT2D eigenvalue weighted by atomic mass is 127. The molecule has 3 rings (SSSR count). The molecule has 29 heavy (non-hydrogen) atoms. The monoisotopic (exact) mass is 512 g/mol. The van der Waals surface area contributed by atoms with E-state index in [1.165, 1.54) is 11.3 Å². The first-order valence-corrected chi connectivity index (χ1v) is 10.4. The van der Waals surface area contributed by atoms with Crippen LogP contribution in [0, 0.1) is 5.92 Å². The van der Waals surface area contributed by atoms with E-state index in [1.807, 2.05) is 6.92 Å². The smallest absolute Gasteiger partial charge is 0.310 e. The first-order chi connectivity index (χ1) is 13.7. The number of nitrogens with zero attached hydrogens (tertiary/aromatic N) is 3. The van der Waals surface area contributed by atoms with Gasteiger partial charge in [0.15, 0.2) is 5.96 Å². The lowest BCUT2D eigenvalue weighted by Gasteiger charge is -2.34. The third kappa shape index (κ3) is 6.62. The summed E-state index contributed by atoms with van der Waals surface area (Å²) in [7, 11) is 0. The van der Waals surface area contributed by atoms with Crippen molar-refractivity contribution < 1.29 is 9.53 Å². The number of carbonyl (C=O) groups excluding carboxylic acids is 1. The van der Waals surface area contributed by atoms with Gasteiger partial charge in [0.2, 0.25) is 0 Å². The normalized spacial score (nSPS) is 19.1. The standard InChI is InChI=1S/C22H32N4O2.HI/c1-3-23-22(26-14-8-10-19(17-26)21(27)28-4-2)24-16-18-9-7-11-20(15-18)25-12-5-6-13-25;/h5-7,9,11,15,19H,3-4,8,10,12-14,16-17H2,1-2H3,(H,23,24);1H. The Hall–Kier alpha value is -1.77. The van der Waals surface area contributed by atoms with E-state index in [9.17, 15) is 4.79 Å². The molecule has 1 unspecified atom stereocenters. The molecule has 0 saturated carbocycles. The van der Waals surface area contributed by atoms with Crippen LogP contribution in [0.5, 0.6) is 0 Å². The Morgan fingerprint density at radius 2 is 2.07 bits per heavy atom. The molecule has 0 amide bonds. The number of hydrogen-bond acceptors (Lipinski definition) is 4. The molecule has 0 aromatic heterocycles. The van der Waals surface area contributed by atoms with Gasteiger partial charge < -0.3 is 19.9 Å². The number of rotatable bonds is 6. The second-order valence-electron chi connectivity index (χ2n) is 7.25. The van der Waals surface area contributed by atoms with Gasteiger partial charge in [-0.3, -0.25) is 4.79 Å². The van der Waals surface area contributed by atoms with Crippen LogP contribution in [0.15, 0.2) is 41.4 Å². The van der Waals surface area contributed by atoms with Gasteiger partial charge in [0.25, 0.3) is 0 Å². The Morgan fingerprint density at radius 3 is 2.79 bits per heavy atom. The molecule has 1 atom stereocenters. The highest BCUT2D eigenvalue weighted by Gasteiger charge is 2.28. The minimum atomic E-state index is -0.0880. The van der Waals surface area contributed by atoms with Crippen LogP contribution < -0.4 is 10.2 Å². The number of benzene rings is 1. The van der Waals surface area contributed by atoms with Crippen LogP contribution in [0.2, 0.25) is 0 Å². The van der Waals surface area contributed by atoms with Gasteiger partial charge in [0, 0.05) is 38.4 Å². The summed E-state index contributed by atoms with van der Waals surface area (Å²) in [6, 6.07) is 8.60. The minimum Gasteiger partial charge on any atom is -0.466 e. The second kappa shape index (κ2) is 12.0. The van der Waals surface area contributed by atoms with Crippen LogP contribution in [0.3, 0.4) is 0 Å². The van der Waals surface area contributed by atoms with Crippen LogP contribution >= 0.6 is 24.0 Å². The fourth-order valence-electron chi connectivity index (χ4n) is 3.75. The third-order valence-electron chi connectivity index (χ3n) is 5.18. The zero-order valence-corrected chi connectivity index (χ0v) is 19.8. The molecule has 2 heterocycles. The Balaban J connectivity index is 0.00000300. The quantitative estimate of drug-likeness (QED) is 0.208. The molecule has 0 spiro atoms. The van der Waals surface area contributed by atoms with Crippen LogP contribution in [0.1, 0.15) is 32.3 Å². The fourth-order valence-corrected chi connectivity index (χ4v) is 3.75. The van der Waals surface area contributed by atoms with E-state index < -0.39 is 0 Å². The van der Waals surface area contributed by atoms with E-state index in [2.05, 4.69) is 58.5 Å². The molecule has 1 fully saturated rings. The van der Waals surface area contributed by atoms with Crippen molar-refractivity contribution in [1.82, 2.24) is 10.2 Å². The molecule has 6 nitrogen and oxygen atoms in total. The summed E-state index contributed by atoms with van der Waals surface area (Å²) in [5, 5.41) is 3.39. The summed E-state index contributed by atoms with van der Waals surface area (Å²) < 4.78 is 5.22. The average Bonchev–Trinajstić information content (AvgIpc) is 3.26. The van der Waals surface area contributed by atoms with E-state index >= 15 is 0 Å². The molecule has 1 saturated heterocycles. The van der Waals surface area contributed by atoms with Gasteiger partial charge in [0.1, 0.15) is 0 Å². The van der Waals surface area contributed by atoms with Crippen molar-refractivity contribution in [1.29, 1.82) is 0 Å². The number of aliphatic imine (C=N–C) groups is 1. The lowest BCUT2D eigenvalue weighted by molar-refractivity contribution is -0.149. The maximum Gasteiger partial charge on any atom is 0.310 e. The van der Waals surface area contributed by atoms with Gasteiger partial charge in [-0.2, -0.15) is 0 Å². The number of anilines is 1. The number of guanidine groups is 1. The molecule has 7 heteroatoms. The van der Waals surface area contributed by atoms with Gasteiger partial charge in [-0.15, -0.1) is 24.0 Å². The number of ether oxygens (including phenoxy) is 1. The Kier molecular flexibility index (Phi) is 9.76. The number of carbonyl (C=O) groups is 1. The van der Waals surface area contributed by atoms with Crippen molar-refractivity contribution in [2.75, 3.05) is 44.2 Å². The van der Waals surface area contributed by atoms with E-state index in [0.717, 1.165) is 45.0 Å². The lowest BCUT2D eigenvalue weighted by atomic mass is 9.98. The van der Waals surface area contributed by atoms with Crippen LogP contribution in [-0.4, -0.2) is 56.2 Å². The Morgan fingerprint density at radius 1 is 1.28 bits per heavy atom. The van der Waals surface area contributed by atoms with E-state index in [0.29, 0.717) is 19.7 Å². The summed E-state index contributed by atoms with van der Waals surface area (Å²) in [4.78, 5) is 21.5. The maximum absolute atomic E-state index is 12.1. The molecule has 0 radical (unpaired) electrons. The summed E-state index contributed by atoms with van der Waals surface area (Å²) in [5.74, 6) is 0.725. The van der Waals surface area contributed by atoms with E-state index in [4.69, 9.17) is 9.73 Å². The van der Waals surface area contributed by atoms with Crippen molar-refractivity contribution in [3.05, 3.63) is 42.0 Å². The van der Waals surface area contributed by atoms with Gasteiger partial charge in [0.05, 0.1) is 19.1 Å². The van der Waals surface area contributed by atoms with Gasteiger partial charge in [-0.1, -0.05) is 24.3 Å². The number of nitrogens with one attached hydrogen (secondary N) is 1. The molecule has 2 aliphatic rings. The number of piperidine rings is 1. The topological polar surface area (TPSA) is 57.2 Å². The summed E-state index contributed by atoms with van der Waals surface area (Å²) in [5.41, 5.74) is 2.43. The minimum absolute atomic E-state index is 0. The molecule has 1 aromatic rings. The first kappa shape index (κ1) is 23.5. The summed E-state index contributed by atoms with van der Waals surface area (Å²) in [6.07, 6.45) is 6.26. The SMILES string of the molecule is CCNC(=NCc1cccc(N2CC=CC2)c1)N1CCCC(C(=O)OCC)C1.I. The van der Waals surface area contributed by atoms with Crippen LogP contribution in [0.25, 0.3) is 0 Å². The predicted octanol–water partition coefficient (Wildman–Crippen LogP) is 3.42. The zero-order valence-electron chi connectivity index (χ0n) is 17.5. The van der Waals surface area contributed by atoms with Crippen molar-refractivity contribution in [3.8, 4) is 0 Å². The Labute approximate surface area is 191 Å². The van der Waals surface area contributed by atoms with Gasteiger partial charge in [-0.05, 0) is 44.4 Å². The number of likely N-dealkylation sites (tertiary alicyclic amines) is 1. The summed E-state index contributed by atoms with van der Waals surface area (Å²) in [6.45, 7) is 9.32. The predicted molar refractivity (Wildman–Crippen MR) is 129 cm³/mol. The first-order valence-electron chi connectivity index (χ1n) is 10.4. The highest BCUT2D eigenvalue weighted by Crippen LogP contribution is 2.20. The summed E-state index contributed by atoms with van der Waals surface area (Å²) >= 11 is 0. The fraction of sp³-hybridized carbons (Fsp3) is 0.545. The van der Waals surface area contributed by atoms with Crippen molar-refractivity contribution in [3.63, 3.8) is 0 Å². The van der Waals surface area contributed by atoms with Crippen LogP contribution in [0.4, 0.5) is 5.69 Å². The van der Waals surface area contributed by atoms with Crippen molar-refractivity contribution in [2.24, 2.45) is 10.9 Å². The number of esters is 1. The van der Waals surface area contributed by atoms with Crippen molar-refractivity contribution in [2.45, 2.75) is 33.2 Å². The molecular formula is C22H33IN4O2. The van der Waals surface area contributed by atoms with Crippen molar-refractivity contribution >= 4 is 41.6 Å². The highest BCUT2D eigenvalue weighted by molar-refractivity contribution is 14.0. The van der Waals surface area contributed by atoms with E-state index in [1.54, 1.807) is 0 Å². The van der Waals surface area contributed by atoms with Gasteiger partial charge >= 0.3 is 5.97 Å². The number of hydrogen-bond donors (Lipinski definition) is 1. The molecule has 0 bridgehead atoms. The zero-order chi connectivity index (χ0) is 19.8. The van der Waals surface area contributed by atoms with Gasteiger partial charge in [-0.25, -0.2) is 4.99 Å². The molecule has 1 aromatic carbocycles.